The second-order valence-electron chi connectivity index (χ2n) is 6.60. The first-order valence-corrected chi connectivity index (χ1v) is 8.96. The quantitative estimate of drug-likeness (QED) is 0.404. The van der Waals surface area contributed by atoms with Crippen molar-refractivity contribution in [2.24, 2.45) is 0 Å². The SMILES string of the molecule is CC(C)(C)c1ccc(CSc2nc(Cl)c(C=O)c3nc[nH]c23)cc1. The summed E-state index contributed by atoms with van der Waals surface area (Å²) in [4.78, 5) is 22.7. The molecule has 1 N–H and O–H groups in total. The summed E-state index contributed by atoms with van der Waals surface area (Å²) in [6.07, 6.45) is 2.25. The summed E-state index contributed by atoms with van der Waals surface area (Å²) < 4.78 is 0. The molecule has 2 heterocycles. The Morgan fingerprint density at radius 2 is 1.96 bits per heavy atom. The third kappa shape index (κ3) is 3.32. The van der Waals surface area contributed by atoms with Gasteiger partial charge in [-0.15, -0.1) is 0 Å². The topological polar surface area (TPSA) is 58.6 Å². The number of aromatic amines is 1. The average molecular weight is 360 g/mol. The number of nitrogens with zero attached hydrogens (tertiary/aromatic N) is 2. The van der Waals surface area contributed by atoms with Crippen molar-refractivity contribution >= 4 is 40.7 Å². The van der Waals surface area contributed by atoms with E-state index in [1.54, 1.807) is 18.1 Å². The van der Waals surface area contributed by atoms with Crippen molar-refractivity contribution in [3.63, 3.8) is 0 Å². The molecule has 0 unspecified atom stereocenters. The maximum absolute atomic E-state index is 11.2. The van der Waals surface area contributed by atoms with Gasteiger partial charge >= 0.3 is 0 Å². The number of halogens is 1. The number of fused-ring (bicyclic) bond motifs is 1. The minimum absolute atomic E-state index is 0.146. The number of aromatic nitrogens is 3. The first-order valence-electron chi connectivity index (χ1n) is 7.60. The molecule has 0 atom stereocenters. The Labute approximate surface area is 150 Å². The zero-order chi connectivity index (χ0) is 17.3. The lowest BCUT2D eigenvalue weighted by Crippen LogP contribution is -2.10. The van der Waals surface area contributed by atoms with Crippen LogP contribution in [0.1, 0.15) is 42.3 Å². The van der Waals surface area contributed by atoms with Crippen LogP contribution in [0.25, 0.3) is 11.0 Å². The molecule has 3 rings (SSSR count). The molecule has 0 bridgehead atoms. The average Bonchev–Trinajstić information content (AvgIpc) is 3.01. The Morgan fingerprint density at radius 1 is 1.25 bits per heavy atom. The van der Waals surface area contributed by atoms with Crippen molar-refractivity contribution in [3.05, 3.63) is 52.4 Å². The van der Waals surface area contributed by atoms with Gasteiger partial charge in [0.2, 0.25) is 0 Å². The summed E-state index contributed by atoms with van der Waals surface area (Å²) in [5.74, 6) is 0.766. The molecule has 0 aliphatic rings. The van der Waals surface area contributed by atoms with Gasteiger partial charge in [-0.2, -0.15) is 0 Å². The van der Waals surface area contributed by atoms with Gasteiger partial charge in [0.15, 0.2) is 6.29 Å². The molecule has 0 spiro atoms. The van der Waals surface area contributed by atoms with E-state index in [0.29, 0.717) is 17.4 Å². The van der Waals surface area contributed by atoms with Gasteiger partial charge in [-0.25, -0.2) is 9.97 Å². The summed E-state index contributed by atoms with van der Waals surface area (Å²) in [7, 11) is 0. The van der Waals surface area contributed by atoms with Crippen LogP contribution in [0, 0.1) is 0 Å². The molecule has 24 heavy (non-hydrogen) atoms. The zero-order valence-electron chi connectivity index (χ0n) is 13.8. The monoisotopic (exact) mass is 359 g/mol. The number of aldehydes is 1. The smallest absolute Gasteiger partial charge is 0.155 e. The third-order valence-corrected chi connectivity index (χ3v) is 5.18. The van der Waals surface area contributed by atoms with Crippen LogP contribution in [0.3, 0.4) is 0 Å². The van der Waals surface area contributed by atoms with Crippen molar-refractivity contribution in [1.29, 1.82) is 0 Å². The standard InChI is InChI=1S/C18H18ClN3OS/c1-18(2,3)12-6-4-11(5-7-12)9-24-17-15-14(20-10-21-15)13(8-23)16(19)22-17/h4-8,10H,9H2,1-3H3,(H,20,21). The van der Waals surface area contributed by atoms with Crippen LogP contribution in [0.5, 0.6) is 0 Å². The molecule has 4 nitrogen and oxygen atoms in total. The molecule has 124 valence electrons. The van der Waals surface area contributed by atoms with Crippen LogP contribution in [0.15, 0.2) is 35.6 Å². The molecule has 0 aliphatic carbocycles. The maximum Gasteiger partial charge on any atom is 0.155 e. The van der Waals surface area contributed by atoms with E-state index in [1.807, 2.05) is 0 Å². The van der Waals surface area contributed by atoms with Crippen LogP contribution < -0.4 is 0 Å². The van der Waals surface area contributed by atoms with Crippen molar-refractivity contribution in [1.82, 2.24) is 15.0 Å². The van der Waals surface area contributed by atoms with Gasteiger partial charge in [-0.05, 0) is 16.5 Å². The number of imidazole rings is 1. The van der Waals surface area contributed by atoms with E-state index in [0.717, 1.165) is 16.3 Å². The molecule has 3 aromatic rings. The predicted molar refractivity (Wildman–Crippen MR) is 99.0 cm³/mol. The number of nitrogens with one attached hydrogen (secondary N) is 1. The highest BCUT2D eigenvalue weighted by Gasteiger charge is 2.16. The zero-order valence-corrected chi connectivity index (χ0v) is 15.3. The van der Waals surface area contributed by atoms with E-state index >= 15 is 0 Å². The number of thioether (sulfide) groups is 1. The summed E-state index contributed by atoms with van der Waals surface area (Å²) in [5.41, 5.74) is 4.30. The van der Waals surface area contributed by atoms with Crippen LogP contribution in [-0.4, -0.2) is 21.2 Å². The van der Waals surface area contributed by atoms with Crippen LogP contribution in [0.4, 0.5) is 0 Å². The Morgan fingerprint density at radius 3 is 2.58 bits per heavy atom. The number of hydrogen-bond donors (Lipinski definition) is 1. The van der Waals surface area contributed by atoms with Crippen LogP contribution in [-0.2, 0) is 11.2 Å². The largest absolute Gasteiger partial charge is 0.342 e. The van der Waals surface area contributed by atoms with E-state index in [9.17, 15) is 4.79 Å². The highest BCUT2D eigenvalue weighted by molar-refractivity contribution is 7.98. The Kier molecular flexibility index (Phi) is 4.65. The van der Waals surface area contributed by atoms with Gasteiger partial charge in [-0.1, -0.05) is 68.4 Å². The molecule has 0 radical (unpaired) electrons. The second kappa shape index (κ2) is 6.57. The fourth-order valence-corrected chi connectivity index (χ4v) is 3.65. The first-order chi connectivity index (χ1) is 11.4. The predicted octanol–water partition coefficient (Wildman–Crippen LogP) is 5.01. The number of carbonyl (C=O) groups excluding carboxylic acids is 1. The molecule has 0 amide bonds. The lowest BCUT2D eigenvalue weighted by atomic mass is 9.87. The number of benzene rings is 1. The van der Waals surface area contributed by atoms with Crippen molar-refractivity contribution in [2.75, 3.05) is 0 Å². The van der Waals surface area contributed by atoms with Gasteiger partial charge in [0, 0.05) is 5.75 Å². The van der Waals surface area contributed by atoms with Crippen molar-refractivity contribution < 1.29 is 4.79 Å². The van der Waals surface area contributed by atoms with Crippen molar-refractivity contribution in [2.45, 2.75) is 37.0 Å². The van der Waals surface area contributed by atoms with E-state index < -0.39 is 0 Å². The number of carbonyl (C=O) groups is 1. The summed E-state index contributed by atoms with van der Waals surface area (Å²) in [6, 6.07) is 8.60. The molecule has 1 aromatic carbocycles. The number of pyridine rings is 1. The Hall–Kier alpha value is -1.85. The van der Waals surface area contributed by atoms with Gasteiger partial charge < -0.3 is 4.98 Å². The summed E-state index contributed by atoms with van der Waals surface area (Å²) in [6.45, 7) is 6.60. The molecular formula is C18H18ClN3OS. The van der Waals surface area contributed by atoms with Gasteiger partial charge in [0.05, 0.1) is 17.4 Å². The van der Waals surface area contributed by atoms with Crippen LogP contribution in [0.2, 0.25) is 5.15 Å². The fourth-order valence-electron chi connectivity index (χ4n) is 2.43. The Bertz CT molecular complexity index is 882. The van der Waals surface area contributed by atoms with Gasteiger partial charge in [-0.3, -0.25) is 4.79 Å². The number of hydrogen-bond acceptors (Lipinski definition) is 4. The highest BCUT2D eigenvalue weighted by Crippen LogP contribution is 2.31. The molecular weight excluding hydrogens is 342 g/mol. The minimum atomic E-state index is 0.146. The molecule has 0 saturated carbocycles. The summed E-state index contributed by atoms with van der Waals surface area (Å²) in [5, 5.41) is 0.938. The molecule has 0 saturated heterocycles. The van der Waals surface area contributed by atoms with E-state index in [2.05, 4.69) is 60.0 Å². The third-order valence-electron chi connectivity index (χ3n) is 3.84. The van der Waals surface area contributed by atoms with Crippen molar-refractivity contribution in [3.8, 4) is 0 Å². The first kappa shape index (κ1) is 17.0. The van der Waals surface area contributed by atoms with E-state index in [4.69, 9.17) is 11.6 Å². The normalized spacial score (nSPS) is 11.8. The molecule has 6 heteroatoms. The highest BCUT2D eigenvalue weighted by atomic mass is 35.5. The maximum atomic E-state index is 11.2. The lowest BCUT2D eigenvalue weighted by Gasteiger charge is -2.19. The number of rotatable bonds is 4. The van der Waals surface area contributed by atoms with E-state index in [-0.39, 0.29) is 10.6 Å². The summed E-state index contributed by atoms with van der Waals surface area (Å²) >= 11 is 7.68. The minimum Gasteiger partial charge on any atom is -0.342 e. The number of H-pyrrole nitrogens is 1. The lowest BCUT2D eigenvalue weighted by molar-refractivity contribution is 0.112. The Balaban J connectivity index is 1.84. The molecule has 0 aliphatic heterocycles. The van der Waals surface area contributed by atoms with E-state index in [1.165, 1.54) is 11.1 Å². The molecule has 0 fully saturated rings. The molecule has 2 aromatic heterocycles. The van der Waals surface area contributed by atoms with Gasteiger partial charge in [0.25, 0.3) is 0 Å². The fraction of sp³-hybridized carbons (Fsp3) is 0.278. The van der Waals surface area contributed by atoms with Gasteiger partial charge in [0.1, 0.15) is 15.7 Å². The van der Waals surface area contributed by atoms with Crippen LogP contribution >= 0.6 is 23.4 Å². The second-order valence-corrected chi connectivity index (χ2v) is 7.92.